The number of benzene rings is 2. The summed E-state index contributed by atoms with van der Waals surface area (Å²) in [7, 11) is 0. The highest BCUT2D eigenvalue weighted by molar-refractivity contribution is 9.10. The fraction of sp³-hybridized carbons (Fsp3) is 0. The minimum absolute atomic E-state index is 0.495. The van der Waals surface area contributed by atoms with Gasteiger partial charge in [-0.25, -0.2) is 0 Å². The van der Waals surface area contributed by atoms with Gasteiger partial charge in [0, 0.05) is 14.3 Å². The SMILES string of the molecule is N#Cc1ccc(Sc2ccc(Br)cc2)cc1Cl. The van der Waals surface area contributed by atoms with Gasteiger partial charge in [-0.1, -0.05) is 39.3 Å². The number of halogens is 2. The van der Waals surface area contributed by atoms with Gasteiger partial charge in [0.1, 0.15) is 6.07 Å². The third-order valence-corrected chi connectivity index (χ3v) is 3.95. The Hall–Kier alpha value is -0.950. The van der Waals surface area contributed by atoms with Crippen molar-refractivity contribution in [3.05, 3.63) is 57.5 Å². The average molecular weight is 325 g/mol. The summed E-state index contributed by atoms with van der Waals surface area (Å²) in [5, 5.41) is 9.28. The fourth-order valence-corrected chi connectivity index (χ4v) is 2.70. The highest BCUT2D eigenvalue weighted by Crippen LogP contribution is 2.31. The van der Waals surface area contributed by atoms with Gasteiger partial charge >= 0.3 is 0 Å². The van der Waals surface area contributed by atoms with Crippen molar-refractivity contribution in [1.82, 2.24) is 0 Å². The van der Waals surface area contributed by atoms with Gasteiger partial charge in [0.05, 0.1) is 10.6 Å². The van der Waals surface area contributed by atoms with E-state index in [1.165, 1.54) is 0 Å². The summed E-state index contributed by atoms with van der Waals surface area (Å²) < 4.78 is 1.06. The van der Waals surface area contributed by atoms with Crippen LogP contribution in [-0.2, 0) is 0 Å². The summed E-state index contributed by atoms with van der Waals surface area (Å²) in [6.45, 7) is 0. The lowest BCUT2D eigenvalue weighted by molar-refractivity contribution is 1.38. The van der Waals surface area contributed by atoms with Gasteiger partial charge < -0.3 is 0 Å². The molecule has 0 aliphatic heterocycles. The van der Waals surface area contributed by atoms with E-state index in [2.05, 4.69) is 15.9 Å². The Labute approximate surface area is 118 Å². The van der Waals surface area contributed by atoms with E-state index >= 15 is 0 Å². The van der Waals surface area contributed by atoms with Crippen LogP contribution in [0.2, 0.25) is 5.02 Å². The molecule has 0 aromatic heterocycles. The predicted molar refractivity (Wildman–Crippen MR) is 74.4 cm³/mol. The molecule has 2 aromatic rings. The Morgan fingerprint density at radius 2 is 1.71 bits per heavy atom. The van der Waals surface area contributed by atoms with Crippen LogP contribution in [0.5, 0.6) is 0 Å². The smallest absolute Gasteiger partial charge is 0.101 e. The number of nitriles is 1. The molecule has 0 saturated heterocycles. The second kappa shape index (κ2) is 5.59. The van der Waals surface area contributed by atoms with Gasteiger partial charge in [0.15, 0.2) is 0 Å². The molecular formula is C13H7BrClNS. The first-order chi connectivity index (χ1) is 8.19. The summed E-state index contributed by atoms with van der Waals surface area (Å²) >= 11 is 11.0. The second-order valence-electron chi connectivity index (χ2n) is 3.31. The average Bonchev–Trinajstić information content (AvgIpc) is 2.32. The van der Waals surface area contributed by atoms with E-state index in [0.29, 0.717) is 10.6 Å². The van der Waals surface area contributed by atoms with Gasteiger partial charge in [-0.2, -0.15) is 5.26 Å². The van der Waals surface area contributed by atoms with Crippen molar-refractivity contribution in [1.29, 1.82) is 5.26 Å². The van der Waals surface area contributed by atoms with Crippen LogP contribution in [0, 0.1) is 11.3 Å². The molecule has 17 heavy (non-hydrogen) atoms. The molecule has 0 N–H and O–H groups in total. The van der Waals surface area contributed by atoms with E-state index < -0.39 is 0 Å². The Balaban J connectivity index is 2.22. The van der Waals surface area contributed by atoms with Crippen LogP contribution < -0.4 is 0 Å². The summed E-state index contributed by atoms with van der Waals surface area (Å²) in [6, 6.07) is 15.5. The largest absolute Gasteiger partial charge is 0.192 e. The van der Waals surface area contributed by atoms with Gasteiger partial charge in [-0.15, -0.1) is 0 Å². The summed E-state index contributed by atoms with van der Waals surface area (Å²) in [6.07, 6.45) is 0. The minimum Gasteiger partial charge on any atom is -0.192 e. The normalized spacial score (nSPS) is 9.94. The molecule has 0 bridgehead atoms. The van der Waals surface area contributed by atoms with Crippen molar-refractivity contribution < 1.29 is 0 Å². The molecule has 0 spiro atoms. The number of hydrogen-bond donors (Lipinski definition) is 0. The zero-order valence-corrected chi connectivity index (χ0v) is 11.8. The third kappa shape index (κ3) is 3.26. The second-order valence-corrected chi connectivity index (χ2v) is 5.78. The molecule has 0 atom stereocenters. The number of hydrogen-bond acceptors (Lipinski definition) is 2. The Kier molecular flexibility index (Phi) is 4.11. The maximum atomic E-state index is 8.78. The summed E-state index contributed by atoms with van der Waals surface area (Å²) in [5.74, 6) is 0. The quantitative estimate of drug-likeness (QED) is 0.765. The van der Waals surface area contributed by atoms with Gasteiger partial charge in [0.25, 0.3) is 0 Å². The maximum absolute atomic E-state index is 8.78. The molecule has 0 aliphatic carbocycles. The molecule has 0 heterocycles. The summed E-state index contributed by atoms with van der Waals surface area (Å²) in [5.41, 5.74) is 0.506. The van der Waals surface area contributed by atoms with Crippen LogP contribution in [-0.4, -0.2) is 0 Å². The van der Waals surface area contributed by atoms with Crippen LogP contribution in [0.15, 0.2) is 56.7 Å². The zero-order valence-electron chi connectivity index (χ0n) is 8.65. The first kappa shape index (κ1) is 12.5. The van der Waals surface area contributed by atoms with Crippen molar-refractivity contribution in [2.24, 2.45) is 0 Å². The van der Waals surface area contributed by atoms with Crippen LogP contribution in [0.3, 0.4) is 0 Å². The molecule has 2 aromatic carbocycles. The summed E-state index contributed by atoms with van der Waals surface area (Å²) in [4.78, 5) is 2.16. The van der Waals surface area contributed by atoms with E-state index in [4.69, 9.17) is 16.9 Å². The number of nitrogens with zero attached hydrogens (tertiary/aromatic N) is 1. The van der Waals surface area contributed by atoms with E-state index in [-0.39, 0.29) is 0 Å². The van der Waals surface area contributed by atoms with Crippen LogP contribution >= 0.6 is 39.3 Å². The Morgan fingerprint density at radius 1 is 1.06 bits per heavy atom. The highest BCUT2D eigenvalue weighted by atomic mass is 79.9. The predicted octanol–water partition coefficient (Wildman–Crippen LogP) is 5.13. The first-order valence-electron chi connectivity index (χ1n) is 4.82. The monoisotopic (exact) mass is 323 g/mol. The van der Waals surface area contributed by atoms with E-state index in [9.17, 15) is 0 Å². The lowest BCUT2D eigenvalue weighted by Crippen LogP contribution is -1.79. The highest BCUT2D eigenvalue weighted by Gasteiger charge is 2.02. The molecule has 0 fully saturated rings. The van der Waals surface area contributed by atoms with E-state index in [0.717, 1.165) is 14.3 Å². The van der Waals surface area contributed by atoms with Crippen LogP contribution in [0.4, 0.5) is 0 Å². The standard InChI is InChI=1S/C13H7BrClNS/c14-10-2-5-11(6-3-10)17-12-4-1-9(8-16)13(15)7-12/h1-7H. The van der Waals surface area contributed by atoms with Gasteiger partial charge in [-0.3, -0.25) is 0 Å². The van der Waals surface area contributed by atoms with Crippen molar-refractivity contribution in [2.45, 2.75) is 9.79 Å². The Bertz CT molecular complexity index is 575. The third-order valence-electron chi connectivity index (χ3n) is 2.11. The van der Waals surface area contributed by atoms with Crippen LogP contribution in [0.1, 0.15) is 5.56 Å². The minimum atomic E-state index is 0.495. The van der Waals surface area contributed by atoms with Crippen LogP contribution in [0.25, 0.3) is 0 Å². The molecule has 0 radical (unpaired) electrons. The number of rotatable bonds is 2. The zero-order chi connectivity index (χ0) is 12.3. The lowest BCUT2D eigenvalue weighted by atomic mass is 10.2. The molecular weight excluding hydrogens is 318 g/mol. The lowest BCUT2D eigenvalue weighted by Gasteiger charge is -2.03. The van der Waals surface area contributed by atoms with E-state index in [1.54, 1.807) is 17.8 Å². The molecule has 1 nitrogen and oxygen atoms in total. The molecule has 4 heteroatoms. The maximum Gasteiger partial charge on any atom is 0.101 e. The molecule has 0 aliphatic rings. The molecule has 0 unspecified atom stereocenters. The molecule has 0 amide bonds. The van der Waals surface area contributed by atoms with Crippen molar-refractivity contribution >= 4 is 39.3 Å². The molecule has 2 rings (SSSR count). The Morgan fingerprint density at radius 3 is 2.29 bits per heavy atom. The van der Waals surface area contributed by atoms with Crippen molar-refractivity contribution in [2.75, 3.05) is 0 Å². The van der Waals surface area contributed by atoms with Gasteiger partial charge in [0.2, 0.25) is 0 Å². The van der Waals surface area contributed by atoms with Crippen molar-refractivity contribution in [3.63, 3.8) is 0 Å². The van der Waals surface area contributed by atoms with Crippen molar-refractivity contribution in [3.8, 4) is 6.07 Å². The molecule has 0 saturated carbocycles. The topological polar surface area (TPSA) is 23.8 Å². The first-order valence-corrected chi connectivity index (χ1v) is 6.81. The molecule has 84 valence electrons. The van der Waals surface area contributed by atoms with Gasteiger partial charge in [-0.05, 0) is 42.5 Å². The fourth-order valence-electron chi connectivity index (χ4n) is 1.29. The van der Waals surface area contributed by atoms with E-state index in [1.807, 2.05) is 42.5 Å².